The molecule has 0 saturated heterocycles. The van der Waals surface area contributed by atoms with Gasteiger partial charge < -0.3 is 5.73 Å². The molecule has 1 aliphatic rings. The summed E-state index contributed by atoms with van der Waals surface area (Å²) in [5, 5.41) is 0. The molecule has 0 spiro atoms. The normalized spacial score (nSPS) is 20.9. The van der Waals surface area contributed by atoms with E-state index in [0.29, 0.717) is 4.47 Å². The van der Waals surface area contributed by atoms with Crippen LogP contribution in [0.1, 0.15) is 29.8 Å². The Bertz CT molecular complexity index is 311. The fourth-order valence-electron chi connectivity index (χ4n) is 2.06. The van der Waals surface area contributed by atoms with Crippen LogP contribution in [0.25, 0.3) is 0 Å². The highest BCUT2D eigenvalue weighted by Gasteiger charge is 2.21. The van der Waals surface area contributed by atoms with E-state index in [2.05, 4.69) is 4.98 Å². The van der Waals surface area contributed by atoms with E-state index in [4.69, 9.17) is 17.3 Å². The number of rotatable bonds is 3. The maximum absolute atomic E-state index is 5.89. The second kappa shape index (κ2) is 4.60. The molecule has 0 bridgehead atoms. The summed E-state index contributed by atoms with van der Waals surface area (Å²) < 4.78 is 0.703. The number of nitrogens with two attached hydrogens (primary N) is 1. The number of thiazole rings is 1. The summed E-state index contributed by atoms with van der Waals surface area (Å²) in [5.41, 5.74) is 6.75. The van der Waals surface area contributed by atoms with Gasteiger partial charge in [0.2, 0.25) is 0 Å². The monoisotopic (exact) mass is 230 g/mol. The van der Waals surface area contributed by atoms with Gasteiger partial charge in [0.05, 0.1) is 5.69 Å². The molecule has 14 heavy (non-hydrogen) atoms. The van der Waals surface area contributed by atoms with Crippen molar-refractivity contribution in [2.24, 2.45) is 11.7 Å². The highest BCUT2D eigenvalue weighted by molar-refractivity contribution is 7.15. The maximum Gasteiger partial charge on any atom is 0.184 e. The summed E-state index contributed by atoms with van der Waals surface area (Å²) in [4.78, 5) is 5.73. The van der Waals surface area contributed by atoms with E-state index in [1.807, 2.05) is 0 Å². The first-order valence-electron chi connectivity index (χ1n) is 5.13. The Morgan fingerprint density at radius 1 is 1.57 bits per heavy atom. The molecular formula is C10H15ClN2S. The number of fused-ring (bicyclic) bond motifs is 1. The van der Waals surface area contributed by atoms with Gasteiger partial charge in [0.25, 0.3) is 0 Å². The molecule has 0 radical (unpaired) electrons. The highest BCUT2D eigenvalue weighted by Crippen LogP contribution is 2.33. The van der Waals surface area contributed by atoms with Crippen LogP contribution in [-0.2, 0) is 12.8 Å². The molecule has 0 aliphatic heterocycles. The molecule has 0 fully saturated rings. The zero-order chi connectivity index (χ0) is 9.97. The lowest BCUT2D eigenvalue weighted by molar-refractivity contribution is 0.418. The van der Waals surface area contributed by atoms with Crippen molar-refractivity contribution in [3.63, 3.8) is 0 Å². The molecule has 1 aromatic rings. The van der Waals surface area contributed by atoms with Crippen molar-refractivity contribution in [2.45, 2.75) is 32.1 Å². The second-order valence-corrected chi connectivity index (χ2v) is 5.54. The third kappa shape index (κ3) is 2.27. The third-order valence-electron chi connectivity index (χ3n) is 2.83. The molecule has 0 aromatic carbocycles. The van der Waals surface area contributed by atoms with Crippen LogP contribution < -0.4 is 5.73 Å². The molecule has 2 rings (SSSR count). The van der Waals surface area contributed by atoms with Gasteiger partial charge in [-0.3, -0.25) is 0 Å². The van der Waals surface area contributed by atoms with Crippen molar-refractivity contribution in [1.29, 1.82) is 0 Å². The first-order chi connectivity index (χ1) is 6.79. The van der Waals surface area contributed by atoms with Crippen LogP contribution in [0.5, 0.6) is 0 Å². The van der Waals surface area contributed by atoms with Gasteiger partial charge in [0, 0.05) is 4.88 Å². The number of nitrogens with zero attached hydrogens (tertiary/aromatic N) is 1. The highest BCUT2D eigenvalue weighted by atomic mass is 35.5. The Balaban J connectivity index is 1.98. The molecule has 78 valence electrons. The predicted molar refractivity (Wildman–Crippen MR) is 60.9 cm³/mol. The van der Waals surface area contributed by atoms with Crippen molar-refractivity contribution >= 4 is 22.9 Å². The number of hydrogen-bond donors (Lipinski definition) is 1. The molecule has 1 aliphatic carbocycles. The van der Waals surface area contributed by atoms with E-state index in [1.165, 1.54) is 29.8 Å². The summed E-state index contributed by atoms with van der Waals surface area (Å²) in [6.45, 7) is 0.812. The molecule has 1 heterocycles. The molecule has 4 heteroatoms. The van der Waals surface area contributed by atoms with Crippen LogP contribution in [0, 0.1) is 5.92 Å². The standard InChI is InChI=1S/C10H15ClN2S/c11-10-13-8-4-3-7(2-1-5-12)6-9(8)14-10/h7H,1-6,12H2. The Hall–Kier alpha value is -0.120. The predicted octanol–water partition coefficient (Wildman–Crippen LogP) is 2.64. The van der Waals surface area contributed by atoms with Crippen molar-refractivity contribution < 1.29 is 0 Å². The van der Waals surface area contributed by atoms with Gasteiger partial charge in [-0.05, 0) is 44.6 Å². The molecule has 2 N–H and O–H groups in total. The van der Waals surface area contributed by atoms with Crippen molar-refractivity contribution in [3.05, 3.63) is 15.0 Å². The van der Waals surface area contributed by atoms with Crippen LogP contribution >= 0.6 is 22.9 Å². The topological polar surface area (TPSA) is 38.9 Å². The Labute approximate surface area is 93.5 Å². The van der Waals surface area contributed by atoms with E-state index in [0.717, 1.165) is 25.3 Å². The molecule has 2 nitrogen and oxygen atoms in total. The average Bonchev–Trinajstić information content (AvgIpc) is 2.54. The zero-order valence-corrected chi connectivity index (χ0v) is 9.70. The fraction of sp³-hybridized carbons (Fsp3) is 0.700. The number of aromatic nitrogens is 1. The van der Waals surface area contributed by atoms with Gasteiger partial charge in [-0.25, -0.2) is 4.98 Å². The summed E-state index contributed by atoms with van der Waals surface area (Å²) in [6.07, 6.45) is 5.93. The first-order valence-corrected chi connectivity index (χ1v) is 6.33. The number of hydrogen-bond acceptors (Lipinski definition) is 3. The van der Waals surface area contributed by atoms with Crippen molar-refractivity contribution in [2.75, 3.05) is 6.54 Å². The first kappa shape index (κ1) is 10.4. The maximum atomic E-state index is 5.89. The quantitative estimate of drug-likeness (QED) is 0.867. The zero-order valence-electron chi connectivity index (χ0n) is 8.13. The van der Waals surface area contributed by atoms with Crippen molar-refractivity contribution in [3.8, 4) is 0 Å². The average molecular weight is 231 g/mol. The summed E-state index contributed by atoms with van der Waals surface area (Å²) in [5.74, 6) is 0.808. The lowest BCUT2D eigenvalue weighted by atomic mass is 9.88. The third-order valence-corrected chi connectivity index (χ3v) is 4.06. The van der Waals surface area contributed by atoms with Crippen molar-refractivity contribution in [1.82, 2.24) is 4.98 Å². The molecule has 1 unspecified atom stereocenters. The Morgan fingerprint density at radius 2 is 2.43 bits per heavy atom. The van der Waals surface area contributed by atoms with Gasteiger partial charge in [-0.1, -0.05) is 11.6 Å². The Kier molecular flexibility index (Phi) is 3.42. The molecular weight excluding hydrogens is 216 g/mol. The largest absolute Gasteiger partial charge is 0.330 e. The minimum absolute atomic E-state index is 0.703. The summed E-state index contributed by atoms with van der Waals surface area (Å²) in [7, 11) is 0. The SMILES string of the molecule is NCCCC1CCc2nc(Cl)sc2C1. The van der Waals surface area contributed by atoms with Gasteiger partial charge >= 0.3 is 0 Å². The lowest BCUT2D eigenvalue weighted by Crippen LogP contribution is -2.14. The summed E-state index contributed by atoms with van der Waals surface area (Å²) in [6, 6.07) is 0. The van der Waals surface area contributed by atoms with E-state index in [1.54, 1.807) is 11.3 Å². The van der Waals surface area contributed by atoms with E-state index >= 15 is 0 Å². The Morgan fingerprint density at radius 3 is 3.21 bits per heavy atom. The van der Waals surface area contributed by atoms with Crippen LogP contribution in [0.15, 0.2) is 0 Å². The van der Waals surface area contributed by atoms with Crippen LogP contribution in [-0.4, -0.2) is 11.5 Å². The van der Waals surface area contributed by atoms with Crippen LogP contribution in [0.4, 0.5) is 0 Å². The fourth-order valence-corrected chi connectivity index (χ4v) is 3.39. The number of aryl methyl sites for hydroxylation is 1. The van der Waals surface area contributed by atoms with Gasteiger partial charge in [0.15, 0.2) is 4.47 Å². The van der Waals surface area contributed by atoms with E-state index < -0.39 is 0 Å². The minimum Gasteiger partial charge on any atom is -0.330 e. The molecule has 1 atom stereocenters. The van der Waals surface area contributed by atoms with E-state index in [9.17, 15) is 0 Å². The smallest absolute Gasteiger partial charge is 0.184 e. The van der Waals surface area contributed by atoms with Gasteiger partial charge in [-0.2, -0.15) is 0 Å². The van der Waals surface area contributed by atoms with Gasteiger partial charge in [0.1, 0.15) is 0 Å². The molecule has 0 saturated carbocycles. The van der Waals surface area contributed by atoms with Crippen LogP contribution in [0.2, 0.25) is 4.47 Å². The van der Waals surface area contributed by atoms with E-state index in [-0.39, 0.29) is 0 Å². The minimum atomic E-state index is 0.703. The molecule has 0 amide bonds. The van der Waals surface area contributed by atoms with Crippen LogP contribution in [0.3, 0.4) is 0 Å². The lowest BCUT2D eigenvalue weighted by Gasteiger charge is -2.20. The number of halogens is 1. The second-order valence-electron chi connectivity index (χ2n) is 3.88. The summed E-state index contributed by atoms with van der Waals surface area (Å²) >= 11 is 7.54. The van der Waals surface area contributed by atoms with Gasteiger partial charge in [-0.15, -0.1) is 11.3 Å². The molecule has 1 aromatic heterocycles.